The molecule has 0 spiro atoms. The highest BCUT2D eigenvalue weighted by molar-refractivity contribution is 6.30. The van der Waals surface area contributed by atoms with Gasteiger partial charge in [0.1, 0.15) is 6.54 Å². The Morgan fingerprint density at radius 3 is 2.56 bits per heavy atom. The fraction of sp³-hybridized carbons (Fsp3) is 0.278. The first kappa shape index (κ1) is 16.1. The van der Waals surface area contributed by atoms with E-state index in [0.717, 1.165) is 49.4 Å². The van der Waals surface area contributed by atoms with Gasteiger partial charge in [-0.2, -0.15) is 4.68 Å². The van der Waals surface area contributed by atoms with E-state index in [0.29, 0.717) is 0 Å². The summed E-state index contributed by atoms with van der Waals surface area (Å²) in [7, 11) is 0. The van der Waals surface area contributed by atoms with Gasteiger partial charge in [0.15, 0.2) is 0 Å². The zero-order chi connectivity index (χ0) is 17.1. The van der Waals surface area contributed by atoms with Crippen molar-refractivity contribution in [1.82, 2.24) is 20.2 Å². The van der Waals surface area contributed by atoms with Crippen molar-refractivity contribution in [3.63, 3.8) is 0 Å². The summed E-state index contributed by atoms with van der Waals surface area (Å²) in [5.74, 6) is 0.813. The van der Waals surface area contributed by atoms with E-state index in [4.69, 9.17) is 11.6 Å². The van der Waals surface area contributed by atoms with Gasteiger partial charge < -0.3 is 9.80 Å². The van der Waals surface area contributed by atoms with E-state index in [1.165, 1.54) is 5.56 Å². The Labute approximate surface area is 151 Å². The fourth-order valence-electron chi connectivity index (χ4n) is 3.25. The SMILES string of the molecule is Clc1cccc(C[NH+]2CCN(c3nnnn3-c3ccccc3)CC2)c1. The van der Waals surface area contributed by atoms with Crippen molar-refractivity contribution in [2.24, 2.45) is 0 Å². The molecular weight excluding hydrogens is 336 g/mol. The standard InChI is InChI=1S/C18H19ClN6/c19-16-6-4-5-15(13-16)14-23-9-11-24(12-10-23)18-20-21-22-25(18)17-7-2-1-3-8-17/h1-8,13H,9-12,14H2/p+1. The van der Waals surface area contributed by atoms with Crippen LogP contribution in [-0.4, -0.2) is 46.4 Å². The fourth-order valence-corrected chi connectivity index (χ4v) is 3.46. The maximum absolute atomic E-state index is 6.09. The molecule has 0 saturated carbocycles. The Kier molecular flexibility index (Phi) is 4.63. The van der Waals surface area contributed by atoms with Crippen LogP contribution in [0, 0.1) is 0 Å². The van der Waals surface area contributed by atoms with Gasteiger partial charge in [0, 0.05) is 10.6 Å². The van der Waals surface area contributed by atoms with Crippen molar-refractivity contribution < 1.29 is 4.90 Å². The van der Waals surface area contributed by atoms with E-state index in [-0.39, 0.29) is 0 Å². The van der Waals surface area contributed by atoms with Crippen LogP contribution in [-0.2, 0) is 6.54 Å². The molecule has 0 unspecified atom stereocenters. The van der Waals surface area contributed by atoms with Crippen LogP contribution in [0.25, 0.3) is 5.69 Å². The lowest BCUT2D eigenvalue weighted by atomic mass is 10.2. The van der Waals surface area contributed by atoms with Gasteiger partial charge in [-0.25, -0.2) is 0 Å². The summed E-state index contributed by atoms with van der Waals surface area (Å²) in [4.78, 5) is 3.81. The zero-order valence-corrected chi connectivity index (χ0v) is 14.6. The first-order chi connectivity index (χ1) is 12.3. The van der Waals surface area contributed by atoms with Crippen LogP contribution in [0.15, 0.2) is 54.6 Å². The number of hydrogen-bond donors (Lipinski definition) is 1. The van der Waals surface area contributed by atoms with Gasteiger partial charge in [-0.1, -0.05) is 47.0 Å². The first-order valence-electron chi connectivity index (χ1n) is 8.46. The van der Waals surface area contributed by atoms with Crippen LogP contribution < -0.4 is 9.80 Å². The minimum absolute atomic E-state index is 0.803. The van der Waals surface area contributed by atoms with Crippen molar-refractivity contribution in [3.05, 3.63) is 65.2 Å². The second kappa shape index (κ2) is 7.21. The van der Waals surface area contributed by atoms with E-state index in [1.807, 2.05) is 47.1 Å². The number of aromatic nitrogens is 4. The van der Waals surface area contributed by atoms with Crippen LogP contribution in [0.1, 0.15) is 5.56 Å². The summed E-state index contributed by atoms with van der Waals surface area (Å²) in [6, 6.07) is 18.1. The summed E-state index contributed by atoms with van der Waals surface area (Å²) in [6.45, 7) is 4.96. The molecule has 1 N–H and O–H groups in total. The normalized spacial score (nSPS) is 15.5. The van der Waals surface area contributed by atoms with E-state index in [1.54, 1.807) is 4.90 Å². The highest BCUT2D eigenvalue weighted by atomic mass is 35.5. The molecule has 6 nitrogen and oxygen atoms in total. The number of nitrogens with one attached hydrogen (secondary N) is 1. The van der Waals surface area contributed by atoms with Crippen molar-refractivity contribution in [2.75, 3.05) is 31.1 Å². The molecule has 7 heteroatoms. The van der Waals surface area contributed by atoms with E-state index < -0.39 is 0 Å². The van der Waals surface area contributed by atoms with Gasteiger partial charge in [0.25, 0.3) is 5.95 Å². The Balaban J connectivity index is 1.42. The number of hydrogen-bond acceptors (Lipinski definition) is 4. The van der Waals surface area contributed by atoms with Gasteiger partial charge >= 0.3 is 0 Å². The molecule has 1 saturated heterocycles. The molecule has 0 aliphatic carbocycles. The number of benzene rings is 2. The van der Waals surface area contributed by atoms with Gasteiger partial charge in [0.05, 0.1) is 31.9 Å². The molecular formula is C18H20ClN6+. The highest BCUT2D eigenvalue weighted by Crippen LogP contribution is 2.15. The second-order valence-electron chi connectivity index (χ2n) is 6.27. The van der Waals surface area contributed by atoms with Crippen molar-refractivity contribution in [3.8, 4) is 5.69 Å². The lowest BCUT2D eigenvalue weighted by Crippen LogP contribution is -3.13. The topological polar surface area (TPSA) is 51.3 Å². The van der Waals surface area contributed by atoms with Crippen molar-refractivity contribution in [2.45, 2.75) is 6.54 Å². The zero-order valence-electron chi connectivity index (χ0n) is 13.8. The molecule has 0 bridgehead atoms. The third kappa shape index (κ3) is 3.65. The number of nitrogens with zero attached hydrogens (tertiary/aromatic N) is 5. The van der Waals surface area contributed by atoms with Crippen LogP contribution in [0.4, 0.5) is 5.95 Å². The lowest BCUT2D eigenvalue weighted by Gasteiger charge is -2.32. The molecule has 1 aliphatic heterocycles. The molecule has 0 atom stereocenters. The molecule has 0 radical (unpaired) electrons. The number of piperazine rings is 1. The first-order valence-corrected chi connectivity index (χ1v) is 8.84. The van der Waals surface area contributed by atoms with Crippen LogP contribution in [0.5, 0.6) is 0 Å². The third-order valence-corrected chi connectivity index (χ3v) is 4.79. The summed E-state index contributed by atoms with van der Waals surface area (Å²) in [6.07, 6.45) is 0. The third-order valence-electron chi connectivity index (χ3n) is 4.55. The number of para-hydroxylation sites is 1. The molecule has 3 aromatic rings. The van der Waals surface area contributed by atoms with Gasteiger partial charge in [0.2, 0.25) is 0 Å². The monoisotopic (exact) mass is 355 g/mol. The summed E-state index contributed by atoms with van der Waals surface area (Å²) in [5.41, 5.74) is 2.27. The molecule has 4 rings (SSSR count). The van der Waals surface area contributed by atoms with Gasteiger partial charge in [-0.15, -0.1) is 0 Å². The van der Waals surface area contributed by atoms with Crippen LogP contribution in [0.3, 0.4) is 0 Å². The number of quaternary nitrogens is 1. The minimum Gasteiger partial charge on any atom is -0.328 e. The smallest absolute Gasteiger partial charge is 0.250 e. The van der Waals surface area contributed by atoms with E-state index >= 15 is 0 Å². The molecule has 0 amide bonds. The maximum Gasteiger partial charge on any atom is 0.250 e. The molecule has 25 heavy (non-hydrogen) atoms. The molecule has 1 aliphatic rings. The van der Waals surface area contributed by atoms with Gasteiger partial charge in [-0.05, 0) is 34.7 Å². The number of tetrazole rings is 1. The summed E-state index contributed by atoms with van der Waals surface area (Å²) < 4.78 is 1.81. The predicted octanol–water partition coefficient (Wildman–Crippen LogP) is 1.22. The Hall–Kier alpha value is -2.44. The average molecular weight is 356 g/mol. The second-order valence-corrected chi connectivity index (χ2v) is 6.71. The predicted molar refractivity (Wildman–Crippen MR) is 97.2 cm³/mol. The maximum atomic E-state index is 6.09. The van der Waals surface area contributed by atoms with Crippen LogP contribution >= 0.6 is 11.6 Å². The quantitative estimate of drug-likeness (QED) is 0.764. The summed E-state index contributed by atoms with van der Waals surface area (Å²) >= 11 is 6.09. The lowest BCUT2D eigenvalue weighted by molar-refractivity contribution is -0.914. The largest absolute Gasteiger partial charge is 0.328 e. The van der Waals surface area contributed by atoms with Gasteiger partial charge in [-0.3, -0.25) is 0 Å². The highest BCUT2D eigenvalue weighted by Gasteiger charge is 2.24. The van der Waals surface area contributed by atoms with Crippen molar-refractivity contribution in [1.29, 1.82) is 0 Å². The number of halogens is 1. The number of anilines is 1. The van der Waals surface area contributed by atoms with E-state index in [9.17, 15) is 0 Å². The van der Waals surface area contributed by atoms with Crippen LogP contribution in [0.2, 0.25) is 5.02 Å². The molecule has 2 heterocycles. The number of rotatable bonds is 4. The Morgan fingerprint density at radius 1 is 1.00 bits per heavy atom. The summed E-state index contributed by atoms with van der Waals surface area (Å²) in [5, 5.41) is 13.1. The Bertz CT molecular complexity index is 826. The minimum atomic E-state index is 0.803. The Morgan fingerprint density at radius 2 is 1.80 bits per heavy atom. The molecule has 1 aromatic heterocycles. The van der Waals surface area contributed by atoms with Crippen molar-refractivity contribution >= 4 is 17.5 Å². The van der Waals surface area contributed by atoms with E-state index in [2.05, 4.69) is 32.6 Å². The molecule has 1 fully saturated rings. The average Bonchev–Trinajstić information content (AvgIpc) is 3.13. The molecule has 128 valence electrons. The molecule has 2 aromatic carbocycles.